The Morgan fingerprint density at radius 3 is 1.25 bits per heavy atom. The van der Waals surface area contributed by atoms with Crippen molar-refractivity contribution in [1.82, 2.24) is 0 Å². The van der Waals surface area contributed by atoms with Gasteiger partial charge in [0.15, 0.2) is 0 Å². The fourth-order valence-electron chi connectivity index (χ4n) is 4.69. The molecule has 0 atom stereocenters. The largest absolute Gasteiger partial charge is 0.496 e. The molecule has 0 aromatic heterocycles. The van der Waals surface area contributed by atoms with Crippen molar-refractivity contribution in [3.63, 3.8) is 0 Å². The Hall–Kier alpha value is -2.74. The summed E-state index contributed by atoms with van der Waals surface area (Å²) in [6.45, 7) is 4.47. The van der Waals surface area contributed by atoms with Crippen LogP contribution in [0.4, 0.5) is 0 Å². The van der Waals surface area contributed by atoms with Gasteiger partial charge in [-0.1, -0.05) is 75.2 Å². The molecule has 144 valence electrons. The third kappa shape index (κ3) is 2.71. The van der Waals surface area contributed by atoms with Gasteiger partial charge in [-0.2, -0.15) is 0 Å². The normalized spacial score (nSPS) is 11.4. The first-order valence-electron chi connectivity index (χ1n) is 10.3. The molecule has 0 heterocycles. The molecule has 0 fully saturated rings. The fraction of sp³-hybridized carbons (Fsp3) is 0.308. The summed E-state index contributed by atoms with van der Waals surface area (Å²) >= 11 is 0. The number of fused-ring (bicyclic) bond motifs is 5. The standard InChI is InChI=1S/C26H28O2/c1-5-11-21-23-17-13-7-10-16-20(17)26(28-4)22(12-6-2)24(23)18-14-8-9-15-19(18)25(21)27-3/h7-10,13-16H,5-6,11-12H2,1-4H3. The molecule has 2 heteroatoms. The molecule has 0 aliphatic rings. The summed E-state index contributed by atoms with van der Waals surface area (Å²) in [6.07, 6.45) is 4.14. The van der Waals surface area contributed by atoms with Gasteiger partial charge < -0.3 is 9.47 Å². The summed E-state index contributed by atoms with van der Waals surface area (Å²) in [6, 6.07) is 17.3. The minimum Gasteiger partial charge on any atom is -0.496 e. The average molecular weight is 373 g/mol. The van der Waals surface area contributed by atoms with Gasteiger partial charge in [0, 0.05) is 21.9 Å². The zero-order chi connectivity index (χ0) is 19.7. The van der Waals surface area contributed by atoms with Crippen molar-refractivity contribution in [2.24, 2.45) is 0 Å². The molecule has 4 aromatic carbocycles. The fourth-order valence-corrected chi connectivity index (χ4v) is 4.69. The van der Waals surface area contributed by atoms with Gasteiger partial charge in [0.25, 0.3) is 0 Å². The molecule has 4 aromatic rings. The maximum absolute atomic E-state index is 5.99. The van der Waals surface area contributed by atoms with Crippen molar-refractivity contribution in [1.29, 1.82) is 0 Å². The first-order valence-corrected chi connectivity index (χ1v) is 10.3. The van der Waals surface area contributed by atoms with Crippen molar-refractivity contribution in [2.45, 2.75) is 39.5 Å². The average Bonchev–Trinajstić information content (AvgIpc) is 2.74. The van der Waals surface area contributed by atoms with Gasteiger partial charge in [-0.15, -0.1) is 0 Å². The Morgan fingerprint density at radius 1 is 0.571 bits per heavy atom. The van der Waals surface area contributed by atoms with Crippen LogP contribution in [0.2, 0.25) is 0 Å². The van der Waals surface area contributed by atoms with E-state index in [0.29, 0.717) is 0 Å². The third-order valence-electron chi connectivity index (χ3n) is 5.69. The molecule has 0 aliphatic heterocycles. The highest BCUT2D eigenvalue weighted by molar-refractivity contribution is 6.23. The summed E-state index contributed by atoms with van der Waals surface area (Å²) in [5.41, 5.74) is 2.63. The number of hydrogen-bond acceptors (Lipinski definition) is 2. The second-order valence-electron chi connectivity index (χ2n) is 7.36. The van der Waals surface area contributed by atoms with E-state index in [4.69, 9.17) is 9.47 Å². The van der Waals surface area contributed by atoms with Gasteiger partial charge in [-0.25, -0.2) is 0 Å². The molecule has 0 radical (unpaired) electrons. The maximum Gasteiger partial charge on any atom is 0.130 e. The van der Waals surface area contributed by atoms with Crippen LogP contribution in [0.15, 0.2) is 48.5 Å². The predicted octanol–water partition coefficient (Wildman–Crippen LogP) is 7.07. The minimum absolute atomic E-state index is 0.992. The van der Waals surface area contributed by atoms with E-state index >= 15 is 0 Å². The molecule has 28 heavy (non-hydrogen) atoms. The Kier molecular flexibility index (Phi) is 5.13. The lowest BCUT2D eigenvalue weighted by Crippen LogP contribution is -2.01. The van der Waals surface area contributed by atoms with Crippen LogP contribution < -0.4 is 9.47 Å². The number of methoxy groups -OCH3 is 2. The van der Waals surface area contributed by atoms with Crippen LogP contribution in [0.1, 0.15) is 37.8 Å². The second kappa shape index (κ2) is 7.71. The summed E-state index contributed by atoms with van der Waals surface area (Å²) in [5.74, 6) is 2.03. The van der Waals surface area contributed by atoms with Crippen LogP contribution in [0.5, 0.6) is 11.5 Å². The Balaban J connectivity index is 2.39. The van der Waals surface area contributed by atoms with Gasteiger partial charge in [0.1, 0.15) is 11.5 Å². The number of hydrogen-bond donors (Lipinski definition) is 0. The monoisotopic (exact) mass is 372 g/mol. The molecular weight excluding hydrogens is 344 g/mol. The van der Waals surface area contributed by atoms with Gasteiger partial charge in [-0.3, -0.25) is 0 Å². The Morgan fingerprint density at radius 2 is 0.929 bits per heavy atom. The molecule has 0 aliphatic carbocycles. The lowest BCUT2D eigenvalue weighted by molar-refractivity contribution is 0.414. The molecule has 2 nitrogen and oxygen atoms in total. The molecular formula is C26H28O2. The van der Waals surface area contributed by atoms with Gasteiger partial charge in [-0.05, 0) is 34.4 Å². The number of rotatable bonds is 6. The van der Waals surface area contributed by atoms with E-state index in [2.05, 4.69) is 62.4 Å². The van der Waals surface area contributed by atoms with Crippen LogP contribution in [0.3, 0.4) is 0 Å². The Bertz CT molecular complexity index is 1060. The first kappa shape index (κ1) is 18.6. The van der Waals surface area contributed by atoms with E-state index in [0.717, 1.165) is 37.2 Å². The van der Waals surface area contributed by atoms with E-state index in [1.807, 2.05) is 0 Å². The zero-order valence-electron chi connectivity index (χ0n) is 17.3. The highest BCUT2D eigenvalue weighted by atomic mass is 16.5. The molecule has 4 rings (SSSR count). The topological polar surface area (TPSA) is 18.5 Å². The van der Waals surface area contributed by atoms with Crippen molar-refractivity contribution in [2.75, 3.05) is 14.2 Å². The van der Waals surface area contributed by atoms with Crippen LogP contribution in [0, 0.1) is 0 Å². The van der Waals surface area contributed by atoms with E-state index in [1.54, 1.807) is 14.2 Å². The number of benzene rings is 4. The van der Waals surface area contributed by atoms with Gasteiger partial charge in [0.05, 0.1) is 14.2 Å². The quantitative estimate of drug-likeness (QED) is 0.337. The smallest absolute Gasteiger partial charge is 0.130 e. The van der Waals surface area contributed by atoms with Crippen LogP contribution >= 0.6 is 0 Å². The zero-order valence-corrected chi connectivity index (χ0v) is 17.3. The van der Waals surface area contributed by atoms with E-state index in [9.17, 15) is 0 Å². The van der Waals surface area contributed by atoms with Gasteiger partial charge in [0.2, 0.25) is 0 Å². The summed E-state index contributed by atoms with van der Waals surface area (Å²) in [4.78, 5) is 0. The number of ether oxygens (including phenoxy) is 2. The molecule has 0 unspecified atom stereocenters. The minimum atomic E-state index is 0.992. The molecule has 0 spiro atoms. The third-order valence-corrected chi connectivity index (χ3v) is 5.69. The van der Waals surface area contributed by atoms with Crippen LogP contribution in [0.25, 0.3) is 32.3 Å². The van der Waals surface area contributed by atoms with Gasteiger partial charge >= 0.3 is 0 Å². The van der Waals surface area contributed by atoms with E-state index in [1.165, 1.54) is 43.4 Å². The molecule has 0 N–H and O–H groups in total. The predicted molar refractivity (Wildman–Crippen MR) is 120 cm³/mol. The molecule has 0 bridgehead atoms. The van der Waals surface area contributed by atoms with E-state index in [-0.39, 0.29) is 0 Å². The van der Waals surface area contributed by atoms with Crippen molar-refractivity contribution in [3.8, 4) is 11.5 Å². The highest BCUT2D eigenvalue weighted by Gasteiger charge is 2.22. The van der Waals surface area contributed by atoms with Crippen molar-refractivity contribution < 1.29 is 9.47 Å². The lowest BCUT2D eigenvalue weighted by Gasteiger charge is -2.22. The van der Waals surface area contributed by atoms with Crippen LogP contribution in [-0.2, 0) is 12.8 Å². The molecule has 0 saturated heterocycles. The molecule has 0 saturated carbocycles. The molecule has 0 amide bonds. The second-order valence-corrected chi connectivity index (χ2v) is 7.36. The summed E-state index contributed by atoms with van der Waals surface area (Å²) in [7, 11) is 3.59. The highest BCUT2D eigenvalue weighted by Crippen LogP contribution is 2.47. The van der Waals surface area contributed by atoms with Crippen molar-refractivity contribution >= 4 is 32.3 Å². The van der Waals surface area contributed by atoms with Crippen LogP contribution in [-0.4, -0.2) is 14.2 Å². The number of aryl methyl sites for hydroxylation is 2. The SMILES string of the molecule is CCCc1c(OC)c2ccccc2c2c(CCC)c(OC)c3ccccc3c12. The first-order chi connectivity index (χ1) is 13.8. The summed E-state index contributed by atoms with van der Waals surface area (Å²) in [5, 5.41) is 7.55. The lowest BCUT2D eigenvalue weighted by atomic mass is 9.86. The maximum atomic E-state index is 5.99. The Labute approximate surface area is 167 Å². The van der Waals surface area contributed by atoms with E-state index < -0.39 is 0 Å². The summed E-state index contributed by atoms with van der Waals surface area (Å²) < 4.78 is 12.0. The van der Waals surface area contributed by atoms with Crippen molar-refractivity contribution in [3.05, 3.63) is 59.7 Å².